The predicted molar refractivity (Wildman–Crippen MR) is 201 cm³/mol. The molecule has 8 fully saturated rings. The summed E-state index contributed by atoms with van der Waals surface area (Å²) < 4.78 is 6.80. The molecule has 10 aliphatic carbocycles. The molecule has 6 bridgehead atoms. The topological polar surface area (TPSA) is 66.8 Å². The number of hydrogen-bond acceptors (Lipinski definition) is 4. The number of hydrogen-bond donors (Lipinski definition) is 1. The Morgan fingerprint density at radius 1 is 0.788 bits per heavy atom. The lowest BCUT2D eigenvalue weighted by Crippen LogP contribution is -2.67. The van der Waals surface area contributed by atoms with E-state index in [0.717, 1.165) is 85.1 Å². The number of carbonyl (C=O) groups excluding carboxylic acids is 2. The van der Waals surface area contributed by atoms with E-state index >= 15 is 4.79 Å². The Balaban J connectivity index is 0.963. The van der Waals surface area contributed by atoms with E-state index in [4.69, 9.17) is 4.74 Å². The van der Waals surface area contributed by atoms with Crippen LogP contribution in [-0.4, -0.2) is 46.7 Å². The van der Waals surface area contributed by atoms with Crippen molar-refractivity contribution in [2.45, 2.75) is 109 Å². The molecule has 11 aliphatic rings. The Kier molecular flexibility index (Phi) is 6.53. The van der Waals surface area contributed by atoms with Crippen LogP contribution in [0.25, 0.3) is 11.1 Å². The fourth-order valence-electron chi connectivity index (χ4n) is 16.0. The van der Waals surface area contributed by atoms with Crippen molar-refractivity contribution in [1.29, 1.82) is 0 Å². The quantitative estimate of drug-likeness (QED) is 0.250. The molecule has 1 heterocycles. The van der Waals surface area contributed by atoms with E-state index in [0.29, 0.717) is 18.9 Å². The van der Waals surface area contributed by atoms with Crippen LogP contribution in [0.4, 0.5) is 4.79 Å². The van der Waals surface area contributed by atoms with E-state index in [2.05, 4.69) is 73.4 Å². The van der Waals surface area contributed by atoms with E-state index in [1.54, 1.807) is 0 Å². The van der Waals surface area contributed by atoms with Crippen molar-refractivity contribution < 1.29 is 19.4 Å². The third kappa shape index (κ3) is 4.05. The Morgan fingerprint density at radius 3 is 2.13 bits per heavy atom. The number of allylic oxidation sites excluding steroid dienone is 4. The van der Waals surface area contributed by atoms with Gasteiger partial charge in [-0.05, 0) is 135 Å². The van der Waals surface area contributed by atoms with Crippen LogP contribution in [-0.2, 0) is 4.74 Å². The molecule has 0 aromatic heterocycles. The third-order valence-electron chi connectivity index (χ3n) is 17.9. The molecule has 0 unspecified atom stereocenters. The molecule has 2 aromatic carbocycles. The van der Waals surface area contributed by atoms with Crippen LogP contribution < -0.4 is 0 Å². The number of carbonyl (C=O) groups is 2. The van der Waals surface area contributed by atoms with Crippen molar-refractivity contribution in [3.05, 3.63) is 84.0 Å². The molecular weight excluding hydrogens is 643 g/mol. The van der Waals surface area contributed by atoms with Gasteiger partial charge in [0.15, 0.2) is 5.78 Å². The Labute approximate surface area is 309 Å². The van der Waals surface area contributed by atoms with Gasteiger partial charge in [-0.25, -0.2) is 4.79 Å². The summed E-state index contributed by atoms with van der Waals surface area (Å²) in [5.74, 6) is 3.21. The maximum absolute atomic E-state index is 15.1. The number of nitrogens with zero attached hydrogens (tertiary/aromatic N) is 1. The van der Waals surface area contributed by atoms with Crippen LogP contribution in [0.1, 0.15) is 108 Å². The molecule has 13 rings (SSSR count). The van der Waals surface area contributed by atoms with Gasteiger partial charge in [0.1, 0.15) is 5.60 Å². The molecule has 0 radical (unpaired) electrons. The molecular formula is C47H55NO4. The average Bonchev–Trinajstić information content (AvgIpc) is 3.60. The van der Waals surface area contributed by atoms with Crippen molar-refractivity contribution in [3.63, 3.8) is 0 Å². The fraction of sp³-hybridized carbons (Fsp3) is 0.617. The summed E-state index contributed by atoms with van der Waals surface area (Å²) in [5.41, 5.74) is 2.68. The van der Waals surface area contributed by atoms with Crippen LogP contribution >= 0.6 is 0 Å². The second kappa shape index (κ2) is 10.5. The molecule has 272 valence electrons. The van der Waals surface area contributed by atoms with Crippen LogP contribution in [0, 0.1) is 56.7 Å². The minimum atomic E-state index is -0.522. The summed E-state index contributed by atoms with van der Waals surface area (Å²) in [6.45, 7) is 6.49. The average molecular weight is 698 g/mol. The van der Waals surface area contributed by atoms with Gasteiger partial charge < -0.3 is 14.7 Å². The molecule has 3 spiro atoms. The Bertz CT molecular complexity index is 1880. The maximum Gasteiger partial charge on any atom is 0.410 e. The summed E-state index contributed by atoms with van der Waals surface area (Å²) in [6.07, 6.45) is 21.2. The van der Waals surface area contributed by atoms with E-state index < -0.39 is 11.0 Å². The Hall–Kier alpha value is -3.18. The van der Waals surface area contributed by atoms with Crippen molar-refractivity contribution in [1.82, 2.24) is 4.90 Å². The highest BCUT2D eigenvalue weighted by Crippen LogP contribution is 2.79. The van der Waals surface area contributed by atoms with Gasteiger partial charge in [0, 0.05) is 33.9 Å². The third-order valence-corrected chi connectivity index (χ3v) is 17.9. The van der Waals surface area contributed by atoms with Crippen LogP contribution in [0.15, 0.2) is 78.4 Å². The first kappa shape index (κ1) is 32.3. The molecule has 7 saturated carbocycles. The van der Waals surface area contributed by atoms with Crippen molar-refractivity contribution in [3.8, 4) is 11.1 Å². The lowest BCUT2D eigenvalue weighted by Gasteiger charge is -2.71. The highest BCUT2D eigenvalue weighted by Gasteiger charge is 2.76. The number of Topliss-reactive ketones (excluding diaryl/α,β-unsaturated/α-hetero) is 1. The number of amides is 1. The number of ether oxygens (including phenoxy) is 1. The van der Waals surface area contributed by atoms with Gasteiger partial charge in [-0.2, -0.15) is 0 Å². The summed E-state index contributed by atoms with van der Waals surface area (Å²) >= 11 is 0. The summed E-state index contributed by atoms with van der Waals surface area (Å²) in [7, 11) is 0. The molecule has 1 saturated heterocycles. The van der Waals surface area contributed by atoms with Crippen molar-refractivity contribution >= 4 is 11.9 Å². The molecule has 2 aromatic rings. The van der Waals surface area contributed by atoms with Gasteiger partial charge in [-0.15, -0.1) is 0 Å². The highest BCUT2D eigenvalue weighted by atomic mass is 16.6. The summed E-state index contributed by atoms with van der Waals surface area (Å²) in [5, 5.41) is 11.1. The molecule has 8 atom stereocenters. The number of ketones is 1. The van der Waals surface area contributed by atoms with Crippen LogP contribution in [0.2, 0.25) is 0 Å². The number of aliphatic hydroxyl groups is 1. The number of rotatable bonds is 5. The van der Waals surface area contributed by atoms with E-state index in [1.807, 2.05) is 18.2 Å². The van der Waals surface area contributed by atoms with Crippen LogP contribution in [0.3, 0.4) is 0 Å². The van der Waals surface area contributed by atoms with E-state index in [1.165, 1.54) is 38.5 Å². The lowest BCUT2D eigenvalue weighted by atomic mass is 9.32. The maximum atomic E-state index is 15.1. The predicted octanol–water partition coefficient (Wildman–Crippen LogP) is 9.80. The number of aliphatic hydroxyl groups excluding tert-OH is 1. The zero-order valence-electron chi connectivity index (χ0n) is 31.1. The second-order valence-corrected chi connectivity index (χ2v) is 20.2. The molecule has 1 amide bonds. The number of fused-ring (bicyclic) bond motifs is 2. The molecule has 1 aliphatic heterocycles. The summed E-state index contributed by atoms with van der Waals surface area (Å²) in [4.78, 5) is 31.4. The smallest absolute Gasteiger partial charge is 0.410 e. The lowest BCUT2D eigenvalue weighted by molar-refractivity contribution is -0.164. The largest absolute Gasteiger partial charge is 0.440 e. The minimum Gasteiger partial charge on any atom is -0.440 e. The first-order chi connectivity index (χ1) is 25.0. The minimum absolute atomic E-state index is 0.0318. The van der Waals surface area contributed by atoms with Gasteiger partial charge >= 0.3 is 6.09 Å². The second-order valence-electron chi connectivity index (χ2n) is 20.2. The highest BCUT2D eigenvalue weighted by molar-refractivity contribution is 6.10. The van der Waals surface area contributed by atoms with Gasteiger partial charge in [0.2, 0.25) is 0 Å². The first-order valence-corrected chi connectivity index (χ1v) is 20.8. The van der Waals surface area contributed by atoms with Gasteiger partial charge in [0.05, 0.1) is 12.6 Å². The summed E-state index contributed by atoms with van der Waals surface area (Å²) in [6, 6.07) is 18.6. The normalized spacial score (nSPS) is 47.6. The zero-order chi connectivity index (χ0) is 35.3. The van der Waals surface area contributed by atoms with Crippen LogP contribution in [0.5, 0.6) is 0 Å². The monoisotopic (exact) mass is 697 g/mol. The Morgan fingerprint density at radius 2 is 1.42 bits per heavy atom. The van der Waals surface area contributed by atoms with Gasteiger partial charge in [-0.1, -0.05) is 86.7 Å². The molecule has 5 nitrogen and oxygen atoms in total. The van der Waals surface area contributed by atoms with Gasteiger partial charge in [0.25, 0.3) is 0 Å². The molecule has 1 N–H and O–H groups in total. The van der Waals surface area contributed by atoms with E-state index in [9.17, 15) is 9.90 Å². The first-order valence-electron chi connectivity index (χ1n) is 20.8. The SMILES string of the molecule is C[C@]12CC[C@H]3[C@@]4(C=C[C@@]5(C=C4C(=O)c4ccc(-c6ccccc6)cc4)C[C@@H](O)CC[C@]35C)[C@@H]1CC[C@@]21CN(CC23CC4CC(CC(C4)C2)C3)C(=O)O1. The van der Waals surface area contributed by atoms with Crippen molar-refractivity contribution in [2.24, 2.45) is 56.7 Å². The van der Waals surface area contributed by atoms with E-state index in [-0.39, 0.29) is 45.6 Å². The molecule has 52 heavy (non-hydrogen) atoms. The van der Waals surface area contributed by atoms with Crippen molar-refractivity contribution in [2.75, 3.05) is 13.1 Å². The standard InChI is InChI=1S/C47H55NO4/c1-42-15-12-36(49)26-45(42)18-19-47(37(27-45)40(50)35-10-8-34(9-11-35)33-6-4-3-5-7-33)38(42)13-16-43(2)39(47)14-17-46(43)29-48(41(51)52-46)28-44-23-30-20-31(24-44)22-32(21-30)25-44/h3-11,18-19,27,30-32,36,38-39,49H,12-17,20-26,28-29H2,1-2H3/t30?,31?,32?,36-,38+,39+,42+,43-,44?,45-,46+,47-/m0/s1. The van der Waals surface area contributed by atoms with Gasteiger partial charge in [-0.3, -0.25) is 4.79 Å². The zero-order valence-corrected chi connectivity index (χ0v) is 31.1. The molecule has 5 heteroatoms. The fourth-order valence-corrected chi connectivity index (χ4v) is 16.0. The number of benzene rings is 2.